The fourth-order valence-electron chi connectivity index (χ4n) is 3.36. The lowest BCUT2D eigenvalue weighted by atomic mass is 10.2. The van der Waals surface area contributed by atoms with E-state index in [9.17, 15) is 4.39 Å². The van der Waals surface area contributed by atoms with E-state index in [2.05, 4.69) is 34.9 Å². The van der Waals surface area contributed by atoms with Gasteiger partial charge in [-0.1, -0.05) is 42.5 Å². The number of aromatic nitrogens is 2. The van der Waals surface area contributed by atoms with Crippen LogP contribution in [0.1, 0.15) is 22.5 Å². The Morgan fingerprint density at radius 3 is 2.37 bits per heavy atom. The van der Waals surface area contributed by atoms with Crippen LogP contribution in [0.15, 0.2) is 72.9 Å². The lowest BCUT2D eigenvalue weighted by Gasteiger charge is -2.07. The van der Waals surface area contributed by atoms with Gasteiger partial charge in [0.2, 0.25) is 5.75 Å². The van der Waals surface area contributed by atoms with E-state index in [1.807, 2.05) is 48.7 Å². The number of ether oxygens (including phenoxy) is 1. The van der Waals surface area contributed by atoms with E-state index in [4.69, 9.17) is 4.74 Å². The zero-order valence-corrected chi connectivity index (χ0v) is 15.5. The highest BCUT2D eigenvalue weighted by atomic mass is 19.1. The number of imidazole rings is 1. The van der Waals surface area contributed by atoms with Crippen LogP contribution in [0.4, 0.5) is 4.39 Å². The molecule has 0 aliphatic rings. The molecular weight excluding hydrogens is 339 g/mol. The second-order valence-corrected chi connectivity index (χ2v) is 6.72. The molecule has 4 heteroatoms. The van der Waals surface area contributed by atoms with Crippen molar-refractivity contribution in [3.63, 3.8) is 0 Å². The van der Waals surface area contributed by atoms with Gasteiger partial charge in [-0.05, 0) is 35.4 Å². The van der Waals surface area contributed by atoms with Gasteiger partial charge in [-0.15, -0.1) is 0 Å². The standard InChI is InChI=1S/C23H22FN2O/c1-17-18(2)26(15-19-10-12-21(24)13-11-19)23-22(9-6-14-25(17)23)27-16-20-7-4-3-5-8-20/h3-14H,15-16H2,1-2H3/q+1. The zero-order valence-electron chi connectivity index (χ0n) is 15.5. The first-order valence-corrected chi connectivity index (χ1v) is 9.05. The molecule has 0 bridgehead atoms. The molecule has 0 N–H and O–H groups in total. The molecule has 0 radical (unpaired) electrons. The molecule has 0 fully saturated rings. The molecule has 0 spiro atoms. The van der Waals surface area contributed by atoms with Gasteiger partial charge < -0.3 is 4.74 Å². The lowest BCUT2D eigenvalue weighted by molar-refractivity contribution is -0.668. The fraction of sp³-hybridized carbons (Fsp3) is 0.174. The van der Waals surface area contributed by atoms with E-state index in [1.165, 1.54) is 12.1 Å². The number of pyridine rings is 1. The summed E-state index contributed by atoms with van der Waals surface area (Å²) in [6.45, 7) is 5.38. The maximum Gasteiger partial charge on any atom is 0.329 e. The first-order chi connectivity index (χ1) is 13.1. The van der Waals surface area contributed by atoms with Gasteiger partial charge in [0.1, 0.15) is 30.4 Å². The van der Waals surface area contributed by atoms with Crippen molar-refractivity contribution in [2.75, 3.05) is 0 Å². The average molecular weight is 361 g/mol. The molecule has 3 nitrogen and oxygen atoms in total. The molecule has 2 aromatic carbocycles. The Morgan fingerprint density at radius 2 is 1.63 bits per heavy atom. The summed E-state index contributed by atoms with van der Waals surface area (Å²) in [4.78, 5) is 0. The number of halogens is 1. The van der Waals surface area contributed by atoms with E-state index < -0.39 is 0 Å². The number of aryl methyl sites for hydroxylation is 1. The van der Waals surface area contributed by atoms with Crippen molar-refractivity contribution in [1.29, 1.82) is 0 Å². The molecule has 27 heavy (non-hydrogen) atoms. The number of nitrogens with zero attached hydrogens (tertiary/aromatic N) is 2. The van der Waals surface area contributed by atoms with Crippen molar-refractivity contribution in [3.05, 3.63) is 101 Å². The van der Waals surface area contributed by atoms with Crippen molar-refractivity contribution in [1.82, 2.24) is 4.40 Å². The number of rotatable bonds is 5. The number of hydrogen-bond acceptors (Lipinski definition) is 1. The van der Waals surface area contributed by atoms with Crippen LogP contribution in [0.5, 0.6) is 5.75 Å². The van der Waals surface area contributed by atoms with Crippen LogP contribution in [0.3, 0.4) is 0 Å². The molecule has 4 rings (SSSR count). The van der Waals surface area contributed by atoms with E-state index in [0.717, 1.165) is 33.9 Å². The van der Waals surface area contributed by atoms with Crippen LogP contribution in [0.25, 0.3) is 5.65 Å². The van der Waals surface area contributed by atoms with Crippen molar-refractivity contribution < 1.29 is 13.7 Å². The maximum atomic E-state index is 13.3. The van der Waals surface area contributed by atoms with Gasteiger partial charge >= 0.3 is 5.65 Å². The summed E-state index contributed by atoms with van der Waals surface area (Å²) in [5.74, 6) is 0.616. The topological polar surface area (TPSA) is 17.5 Å². The third-order valence-electron chi connectivity index (χ3n) is 4.97. The summed E-state index contributed by atoms with van der Waals surface area (Å²) in [5, 5.41) is 0. The highest BCUT2D eigenvalue weighted by Gasteiger charge is 2.23. The molecule has 136 valence electrons. The van der Waals surface area contributed by atoms with Crippen LogP contribution in [0.2, 0.25) is 0 Å². The van der Waals surface area contributed by atoms with Crippen LogP contribution in [-0.4, -0.2) is 4.40 Å². The van der Waals surface area contributed by atoms with Gasteiger partial charge in [0.05, 0.1) is 6.20 Å². The Balaban J connectivity index is 1.73. The summed E-state index contributed by atoms with van der Waals surface area (Å²) < 4.78 is 23.8. The minimum absolute atomic E-state index is 0.217. The SMILES string of the molecule is Cc1c(C)[n+](Cc2ccc(F)cc2)c2c(OCc3ccccc3)cccn12. The molecule has 0 unspecified atom stereocenters. The lowest BCUT2D eigenvalue weighted by Crippen LogP contribution is -2.36. The minimum Gasteiger partial charge on any atom is -0.481 e. The highest BCUT2D eigenvalue weighted by Crippen LogP contribution is 2.22. The summed E-state index contributed by atoms with van der Waals surface area (Å²) in [5.41, 5.74) is 5.51. The van der Waals surface area contributed by atoms with E-state index in [1.54, 1.807) is 0 Å². The molecule has 0 saturated heterocycles. The number of benzene rings is 2. The summed E-state index contributed by atoms with van der Waals surface area (Å²) >= 11 is 0. The molecule has 0 amide bonds. The third kappa shape index (κ3) is 3.43. The van der Waals surface area contributed by atoms with E-state index in [0.29, 0.717) is 13.2 Å². The number of fused-ring (bicyclic) bond motifs is 1. The van der Waals surface area contributed by atoms with Crippen molar-refractivity contribution >= 4 is 5.65 Å². The van der Waals surface area contributed by atoms with Gasteiger partial charge in [0.15, 0.2) is 0 Å². The predicted molar refractivity (Wildman–Crippen MR) is 103 cm³/mol. The maximum absolute atomic E-state index is 13.3. The van der Waals surface area contributed by atoms with E-state index >= 15 is 0 Å². The summed E-state index contributed by atoms with van der Waals surface area (Å²) in [6.07, 6.45) is 2.05. The van der Waals surface area contributed by atoms with Gasteiger partial charge in [0.25, 0.3) is 0 Å². The van der Waals surface area contributed by atoms with Crippen LogP contribution in [0, 0.1) is 19.7 Å². The first-order valence-electron chi connectivity index (χ1n) is 9.05. The van der Waals surface area contributed by atoms with Crippen molar-refractivity contribution in [2.45, 2.75) is 27.0 Å². The largest absolute Gasteiger partial charge is 0.481 e. The van der Waals surface area contributed by atoms with Crippen LogP contribution in [-0.2, 0) is 13.2 Å². The monoisotopic (exact) mass is 361 g/mol. The van der Waals surface area contributed by atoms with Crippen molar-refractivity contribution in [2.24, 2.45) is 0 Å². The quantitative estimate of drug-likeness (QED) is 0.475. The van der Waals surface area contributed by atoms with Gasteiger partial charge in [0, 0.05) is 13.8 Å². The molecule has 2 aromatic heterocycles. The fourth-order valence-corrected chi connectivity index (χ4v) is 3.36. The van der Waals surface area contributed by atoms with Gasteiger partial charge in [-0.25, -0.2) is 8.96 Å². The minimum atomic E-state index is -0.217. The molecule has 4 aromatic rings. The summed E-state index contributed by atoms with van der Waals surface area (Å²) in [6, 6.07) is 20.8. The molecular formula is C23H22FN2O+. The Kier molecular flexibility index (Phi) is 4.63. The summed E-state index contributed by atoms with van der Waals surface area (Å²) in [7, 11) is 0. The van der Waals surface area contributed by atoms with Gasteiger partial charge in [-0.3, -0.25) is 0 Å². The van der Waals surface area contributed by atoms with Crippen LogP contribution >= 0.6 is 0 Å². The molecule has 0 aliphatic carbocycles. The second-order valence-electron chi connectivity index (χ2n) is 6.72. The van der Waals surface area contributed by atoms with E-state index in [-0.39, 0.29) is 5.82 Å². The smallest absolute Gasteiger partial charge is 0.329 e. The second kappa shape index (κ2) is 7.23. The Hall–Kier alpha value is -3.14. The Labute approximate surface area is 158 Å². The predicted octanol–water partition coefficient (Wildman–Crippen LogP) is 4.61. The molecule has 2 heterocycles. The highest BCUT2D eigenvalue weighted by molar-refractivity contribution is 5.51. The Morgan fingerprint density at radius 1 is 0.889 bits per heavy atom. The molecule has 0 atom stereocenters. The Bertz CT molecular complexity index is 1070. The van der Waals surface area contributed by atoms with Crippen LogP contribution < -0.4 is 9.30 Å². The molecule has 0 aliphatic heterocycles. The van der Waals surface area contributed by atoms with Gasteiger partial charge in [-0.2, -0.15) is 4.40 Å². The van der Waals surface area contributed by atoms with Crippen molar-refractivity contribution in [3.8, 4) is 5.75 Å². The molecule has 0 saturated carbocycles. The normalized spacial score (nSPS) is 11.1. The third-order valence-corrected chi connectivity index (χ3v) is 4.97. The average Bonchev–Trinajstić information content (AvgIpc) is 2.94. The zero-order chi connectivity index (χ0) is 18.8. The first kappa shape index (κ1) is 17.3. The number of hydrogen-bond donors (Lipinski definition) is 0.